The van der Waals surface area contributed by atoms with E-state index in [1.165, 1.54) is 12.1 Å². The van der Waals surface area contributed by atoms with Gasteiger partial charge in [0, 0.05) is 12.2 Å². The van der Waals surface area contributed by atoms with Crippen molar-refractivity contribution in [3.8, 4) is 0 Å². The normalized spacial score (nSPS) is 10.3. The number of hydrogen-bond acceptors (Lipinski definition) is 2. The minimum atomic E-state index is -0.573. The first-order chi connectivity index (χ1) is 9.54. The fraction of sp³-hybridized carbons (Fsp3) is 0.188. The number of anilines is 2. The molecule has 0 aromatic heterocycles. The van der Waals surface area contributed by atoms with E-state index in [0.29, 0.717) is 6.54 Å². The lowest BCUT2D eigenvalue weighted by Crippen LogP contribution is -2.31. The summed E-state index contributed by atoms with van der Waals surface area (Å²) in [5.74, 6) is -0.869. The van der Waals surface area contributed by atoms with Gasteiger partial charge < -0.3 is 10.6 Å². The van der Waals surface area contributed by atoms with Crippen LogP contribution in [-0.2, 0) is 0 Å². The zero-order chi connectivity index (χ0) is 14.7. The van der Waals surface area contributed by atoms with E-state index >= 15 is 0 Å². The molecule has 0 fully saturated rings. The monoisotopic (exact) mass is 272 g/mol. The average molecular weight is 272 g/mol. The third kappa shape index (κ3) is 2.64. The summed E-state index contributed by atoms with van der Waals surface area (Å²) >= 11 is 0. The number of nitrogens with two attached hydrogens (primary N) is 1. The Hall–Kier alpha value is -2.36. The lowest BCUT2D eigenvalue weighted by atomic mass is 10.1. The molecule has 0 aliphatic heterocycles. The first kappa shape index (κ1) is 14.1. The molecule has 0 spiro atoms. The van der Waals surface area contributed by atoms with E-state index in [1.807, 2.05) is 38.1 Å². The Kier molecular flexibility index (Phi) is 4.03. The number of benzene rings is 2. The molecule has 0 atom stereocenters. The summed E-state index contributed by atoms with van der Waals surface area (Å²) < 4.78 is 13.5. The number of carbonyl (C=O) groups is 1. The van der Waals surface area contributed by atoms with Gasteiger partial charge in [-0.25, -0.2) is 4.39 Å². The fourth-order valence-corrected chi connectivity index (χ4v) is 2.11. The molecule has 104 valence electrons. The van der Waals surface area contributed by atoms with E-state index in [-0.39, 0.29) is 17.2 Å². The van der Waals surface area contributed by atoms with Crippen LogP contribution in [-0.4, -0.2) is 12.5 Å². The van der Waals surface area contributed by atoms with Crippen LogP contribution in [0.5, 0.6) is 0 Å². The van der Waals surface area contributed by atoms with Crippen molar-refractivity contribution in [1.29, 1.82) is 0 Å². The van der Waals surface area contributed by atoms with Crippen LogP contribution in [0.1, 0.15) is 22.8 Å². The number of rotatable bonds is 3. The molecule has 0 radical (unpaired) electrons. The summed E-state index contributed by atoms with van der Waals surface area (Å²) in [6, 6.07) is 11.9. The average Bonchev–Trinajstić information content (AvgIpc) is 2.42. The molecule has 0 heterocycles. The van der Waals surface area contributed by atoms with Gasteiger partial charge in [0.15, 0.2) is 0 Å². The highest BCUT2D eigenvalue weighted by molar-refractivity contribution is 6.09. The fourth-order valence-electron chi connectivity index (χ4n) is 2.11. The van der Waals surface area contributed by atoms with Crippen LogP contribution in [0.4, 0.5) is 15.8 Å². The minimum absolute atomic E-state index is 0.108. The quantitative estimate of drug-likeness (QED) is 0.871. The van der Waals surface area contributed by atoms with E-state index in [9.17, 15) is 9.18 Å². The Bertz CT molecular complexity index is 640. The van der Waals surface area contributed by atoms with Gasteiger partial charge in [-0.3, -0.25) is 4.79 Å². The predicted molar refractivity (Wildman–Crippen MR) is 79.3 cm³/mol. The molecule has 20 heavy (non-hydrogen) atoms. The van der Waals surface area contributed by atoms with E-state index in [4.69, 9.17) is 5.73 Å². The van der Waals surface area contributed by atoms with Crippen LogP contribution < -0.4 is 10.6 Å². The summed E-state index contributed by atoms with van der Waals surface area (Å²) in [4.78, 5) is 14.1. The van der Waals surface area contributed by atoms with Crippen LogP contribution in [0.25, 0.3) is 0 Å². The maximum absolute atomic E-state index is 13.5. The summed E-state index contributed by atoms with van der Waals surface area (Å²) in [5.41, 5.74) is 7.58. The topological polar surface area (TPSA) is 46.3 Å². The second-order valence-electron chi connectivity index (χ2n) is 4.59. The van der Waals surface area contributed by atoms with Gasteiger partial charge in [0.05, 0.1) is 11.3 Å². The summed E-state index contributed by atoms with van der Waals surface area (Å²) in [6.45, 7) is 4.31. The van der Waals surface area contributed by atoms with Crippen molar-refractivity contribution in [2.45, 2.75) is 13.8 Å². The number of nitrogen functional groups attached to an aromatic ring is 1. The minimum Gasteiger partial charge on any atom is -0.396 e. The molecule has 0 unspecified atom stereocenters. The molecule has 0 saturated carbocycles. The van der Waals surface area contributed by atoms with Gasteiger partial charge in [-0.1, -0.05) is 18.2 Å². The standard InChI is InChI=1S/C16H17FN2O/c1-3-19(12-7-4-6-11(2)10-12)16(20)13-8-5-9-14(17)15(13)18/h4-10H,3,18H2,1-2H3. The second-order valence-corrected chi connectivity index (χ2v) is 4.59. The molecule has 1 amide bonds. The maximum Gasteiger partial charge on any atom is 0.260 e. The third-order valence-electron chi connectivity index (χ3n) is 3.16. The van der Waals surface area contributed by atoms with Gasteiger partial charge in [-0.2, -0.15) is 0 Å². The van der Waals surface area contributed by atoms with Crippen molar-refractivity contribution in [2.24, 2.45) is 0 Å². The Morgan fingerprint density at radius 3 is 2.60 bits per heavy atom. The van der Waals surface area contributed by atoms with Gasteiger partial charge in [0.2, 0.25) is 0 Å². The van der Waals surface area contributed by atoms with E-state index in [2.05, 4.69) is 0 Å². The molecular weight excluding hydrogens is 255 g/mol. The Morgan fingerprint density at radius 2 is 1.95 bits per heavy atom. The number of nitrogens with zero attached hydrogens (tertiary/aromatic N) is 1. The van der Waals surface area contributed by atoms with Gasteiger partial charge in [-0.05, 0) is 43.7 Å². The Morgan fingerprint density at radius 1 is 1.25 bits per heavy atom. The van der Waals surface area contributed by atoms with Crippen LogP contribution in [0.3, 0.4) is 0 Å². The Balaban J connectivity index is 2.42. The maximum atomic E-state index is 13.5. The first-order valence-corrected chi connectivity index (χ1v) is 6.47. The smallest absolute Gasteiger partial charge is 0.260 e. The summed E-state index contributed by atoms with van der Waals surface area (Å²) in [6.07, 6.45) is 0. The van der Waals surface area contributed by atoms with Crippen LogP contribution in [0, 0.1) is 12.7 Å². The third-order valence-corrected chi connectivity index (χ3v) is 3.16. The molecule has 0 aliphatic carbocycles. The van der Waals surface area contributed by atoms with Gasteiger partial charge >= 0.3 is 0 Å². The van der Waals surface area contributed by atoms with Crippen molar-refractivity contribution in [1.82, 2.24) is 0 Å². The molecular formula is C16H17FN2O. The number of amides is 1. The highest BCUT2D eigenvalue weighted by atomic mass is 19.1. The van der Waals surface area contributed by atoms with E-state index in [1.54, 1.807) is 11.0 Å². The molecule has 0 aliphatic rings. The highest BCUT2D eigenvalue weighted by Crippen LogP contribution is 2.22. The number of aryl methyl sites for hydroxylation is 1. The highest BCUT2D eigenvalue weighted by Gasteiger charge is 2.19. The van der Waals surface area contributed by atoms with E-state index < -0.39 is 5.82 Å². The van der Waals surface area contributed by atoms with Gasteiger partial charge in [0.25, 0.3) is 5.91 Å². The second kappa shape index (κ2) is 5.74. The van der Waals surface area contributed by atoms with Crippen LogP contribution >= 0.6 is 0 Å². The number of halogens is 1. The number of para-hydroxylation sites is 1. The number of carbonyl (C=O) groups excluding carboxylic acids is 1. The zero-order valence-electron chi connectivity index (χ0n) is 11.6. The lowest BCUT2D eigenvalue weighted by molar-refractivity contribution is 0.0989. The lowest BCUT2D eigenvalue weighted by Gasteiger charge is -2.22. The van der Waals surface area contributed by atoms with Crippen LogP contribution in [0.2, 0.25) is 0 Å². The summed E-state index contributed by atoms with van der Waals surface area (Å²) in [7, 11) is 0. The molecule has 0 bridgehead atoms. The molecule has 2 aromatic carbocycles. The summed E-state index contributed by atoms with van der Waals surface area (Å²) in [5, 5.41) is 0. The molecule has 3 nitrogen and oxygen atoms in total. The van der Waals surface area contributed by atoms with Gasteiger partial charge in [-0.15, -0.1) is 0 Å². The van der Waals surface area contributed by atoms with Crippen LogP contribution in [0.15, 0.2) is 42.5 Å². The molecule has 2 N–H and O–H groups in total. The zero-order valence-corrected chi connectivity index (χ0v) is 11.6. The van der Waals surface area contributed by atoms with E-state index in [0.717, 1.165) is 11.3 Å². The van der Waals surface area contributed by atoms with Crippen molar-refractivity contribution in [2.75, 3.05) is 17.2 Å². The van der Waals surface area contributed by atoms with Crippen molar-refractivity contribution < 1.29 is 9.18 Å². The SMILES string of the molecule is CCN(C(=O)c1cccc(F)c1N)c1cccc(C)c1. The number of hydrogen-bond donors (Lipinski definition) is 1. The largest absolute Gasteiger partial charge is 0.396 e. The molecule has 0 saturated heterocycles. The van der Waals surface area contributed by atoms with Crippen molar-refractivity contribution in [3.05, 3.63) is 59.4 Å². The van der Waals surface area contributed by atoms with Crippen molar-refractivity contribution in [3.63, 3.8) is 0 Å². The molecule has 2 rings (SSSR count). The molecule has 2 aromatic rings. The van der Waals surface area contributed by atoms with Crippen molar-refractivity contribution >= 4 is 17.3 Å². The Labute approximate surface area is 117 Å². The predicted octanol–water partition coefficient (Wildman–Crippen LogP) is 3.38. The van der Waals surface area contributed by atoms with Gasteiger partial charge in [0.1, 0.15) is 5.82 Å². The molecule has 4 heteroatoms. The first-order valence-electron chi connectivity index (χ1n) is 6.47.